The van der Waals surface area contributed by atoms with E-state index in [1.54, 1.807) is 18.2 Å². The number of carbonyl (C=O) groups is 1. The third-order valence-electron chi connectivity index (χ3n) is 2.55. The highest BCUT2D eigenvalue weighted by atomic mass is 79.9. The van der Waals surface area contributed by atoms with E-state index in [1.807, 2.05) is 18.2 Å². The van der Waals surface area contributed by atoms with Gasteiger partial charge < -0.3 is 15.8 Å². The lowest BCUT2D eigenvalue weighted by Crippen LogP contribution is -2.21. The van der Waals surface area contributed by atoms with Crippen molar-refractivity contribution in [1.29, 1.82) is 0 Å². The first kappa shape index (κ1) is 16.1. The average Bonchev–Trinajstić information content (AvgIpc) is 2.41. The normalized spacial score (nSPS) is 10.2. The standard InChI is InChI=1S/C14H11Br2ClN2O2/c15-9-2-1-3-10(16)14(9)21-7-13(20)19-12-5-4-8(17)6-11(12)18/h1-6H,7,18H2,(H,19,20). The van der Waals surface area contributed by atoms with Crippen LogP contribution in [0.5, 0.6) is 5.75 Å². The van der Waals surface area contributed by atoms with Gasteiger partial charge in [-0.25, -0.2) is 0 Å². The van der Waals surface area contributed by atoms with Crippen molar-refractivity contribution in [2.24, 2.45) is 0 Å². The average molecular weight is 435 g/mol. The summed E-state index contributed by atoms with van der Waals surface area (Å²) in [5, 5.41) is 3.18. The maximum atomic E-state index is 11.9. The second-order valence-electron chi connectivity index (χ2n) is 4.12. The highest BCUT2D eigenvalue weighted by Gasteiger charge is 2.10. The molecule has 0 aliphatic heterocycles. The zero-order valence-electron chi connectivity index (χ0n) is 10.7. The van der Waals surface area contributed by atoms with Crippen LogP contribution in [0, 0.1) is 0 Å². The largest absolute Gasteiger partial charge is 0.481 e. The first-order chi connectivity index (χ1) is 9.97. The highest BCUT2D eigenvalue weighted by molar-refractivity contribution is 9.11. The van der Waals surface area contributed by atoms with E-state index in [-0.39, 0.29) is 12.5 Å². The van der Waals surface area contributed by atoms with Crippen LogP contribution in [-0.2, 0) is 4.79 Å². The Morgan fingerprint density at radius 3 is 2.52 bits per heavy atom. The van der Waals surface area contributed by atoms with Crippen LogP contribution in [0.15, 0.2) is 45.3 Å². The summed E-state index contributed by atoms with van der Waals surface area (Å²) in [7, 11) is 0. The zero-order valence-corrected chi connectivity index (χ0v) is 14.6. The number of rotatable bonds is 4. The molecule has 4 nitrogen and oxygen atoms in total. The minimum atomic E-state index is -0.313. The molecule has 0 aliphatic rings. The Kier molecular flexibility index (Phi) is 5.50. The maximum absolute atomic E-state index is 11.9. The molecule has 0 aromatic heterocycles. The smallest absolute Gasteiger partial charge is 0.262 e. The Balaban J connectivity index is 1.99. The summed E-state index contributed by atoms with van der Waals surface area (Å²) in [5.41, 5.74) is 6.67. The molecule has 0 bridgehead atoms. The number of nitrogen functional groups attached to an aromatic ring is 1. The van der Waals surface area contributed by atoms with Gasteiger partial charge in [0.1, 0.15) is 5.75 Å². The Morgan fingerprint density at radius 1 is 1.24 bits per heavy atom. The van der Waals surface area contributed by atoms with Crippen LogP contribution in [0.4, 0.5) is 11.4 Å². The zero-order chi connectivity index (χ0) is 15.4. The van der Waals surface area contributed by atoms with E-state index in [4.69, 9.17) is 22.1 Å². The van der Waals surface area contributed by atoms with E-state index in [9.17, 15) is 4.79 Å². The lowest BCUT2D eigenvalue weighted by Gasteiger charge is -2.11. The number of hydrogen-bond acceptors (Lipinski definition) is 3. The number of anilines is 2. The number of halogens is 3. The molecule has 0 radical (unpaired) electrons. The fourth-order valence-electron chi connectivity index (χ4n) is 1.59. The van der Waals surface area contributed by atoms with Crippen LogP contribution in [0.25, 0.3) is 0 Å². The lowest BCUT2D eigenvalue weighted by atomic mass is 10.2. The molecule has 0 saturated carbocycles. The number of carbonyl (C=O) groups excluding carboxylic acids is 1. The minimum absolute atomic E-state index is 0.136. The first-order valence-electron chi connectivity index (χ1n) is 5.89. The molecule has 0 aliphatic carbocycles. The molecule has 0 unspecified atom stereocenters. The van der Waals surface area contributed by atoms with Gasteiger partial charge in [-0.1, -0.05) is 17.7 Å². The molecule has 2 aromatic rings. The molecule has 0 atom stereocenters. The molecule has 110 valence electrons. The summed E-state index contributed by atoms with van der Waals surface area (Å²) in [6.45, 7) is -0.136. The highest BCUT2D eigenvalue weighted by Crippen LogP contribution is 2.33. The second kappa shape index (κ2) is 7.15. The molecular formula is C14H11Br2ClN2O2. The van der Waals surface area contributed by atoms with Crippen LogP contribution < -0.4 is 15.8 Å². The second-order valence-corrected chi connectivity index (χ2v) is 6.26. The third kappa shape index (κ3) is 4.36. The summed E-state index contributed by atoms with van der Waals surface area (Å²) in [6, 6.07) is 10.4. The Labute approximate surface area is 143 Å². The molecule has 0 fully saturated rings. The number of amides is 1. The number of ether oxygens (including phenoxy) is 1. The molecule has 0 saturated heterocycles. The van der Waals surface area contributed by atoms with E-state index in [1.165, 1.54) is 0 Å². The fraction of sp³-hybridized carbons (Fsp3) is 0.0714. The molecule has 0 spiro atoms. The van der Waals surface area contributed by atoms with Crippen molar-refractivity contribution in [1.82, 2.24) is 0 Å². The van der Waals surface area contributed by atoms with Crippen LogP contribution >= 0.6 is 43.5 Å². The van der Waals surface area contributed by atoms with Crippen molar-refractivity contribution >= 4 is 60.7 Å². The van der Waals surface area contributed by atoms with E-state index in [0.29, 0.717) is 22.1 Å². The quantitative estimate of drug-likeness (QED) is 0.698. The number of hydrogen-bond donors (Lipinski definition) is 2. The van der Waals surface area contributed by atoms with Gasteiger partial charge in [0.05, 0.1) is 20.3 Å². The summed E-state index contributed by atoms with van der Waals surface area (Å²) >= 11 is 12.5. The Hall–Kier alpha value is -1.24. The van der Waals surface area contributed by atoms with Gasteiger partial charge in [0, 0.05) is 5.02 Å². The van der Waals surface area contributed by atoms with Crippen LogP contribution in [-0.4, -0.2) is 12.5 Å². The fourth-order valence-corrected chi connectivity index (χ4v) is 3.00. The van der Waals surface area contributed by atoms with Crippen molar-refractivity contribution in [3.05, 3.63) is 50.4 Å². The van der Waals surface area contributed by atoms with E-state index < -0.39 is 0 Å². The first-order valence-corrected chi connectivity index (χ1v) is 7.85. The lowest BCUT2D eigenvalue weighted by molar-refractivity contribution is -0.118. The van der Waals surface area contributed by atoms with Crippen molar-refractivity contribution in [3.63, 3.8) is 0 Å². The molecule has 0 heterocycles. The molecule has 7 heteroatoms. The number of nitrogens with one attached hydrogen (secondary N) is 1. The monoisotopic (exact) mass is 432 g/mol. The summed E-state index contributed by atoms with van der Waals surface area (Å²) in [6.07, 6.45) is 0. The molecule has 2 rings (SSSR count). The Morgan fingerprint density at radius 2 is 1.90 bits per heavy atom. The van der Waals surface area contributed by atoms with Crippen molar-refractivity contribution < 1.29 is 9.53 Å². The van der Waals surface area contributed by atoms with Crippen LogP contribution in [0.2, 0.25) is 5.02 Å². The van der Waals surface area contributed by atoms with Gasteiger partial charge in [-0.05, 0) is 62.2 Å². The van der Waals surface area contributed by atoms with Crippen LogP contribution in [0.1, 0.15) is 0 Å². The molecular weight excluding hydrogens is 423 g/mol. The molecule has 3 N–H and O–H groups in total. The summed E-state index contributed by atoms with van der Waals surface area (Å²) in [4.78, 5) is 11.9. The van der Waals surface area contributed by atoms with Gasteiger partial charge >= 0.3 is 0 Å². The van der Waals surface area contributed by atoms with E-state index >= 15 is 0 Å². The summed E-state index contributed by atoms with van der Waals surface area (Å²) in [5.74, 6) is 0.253. The molecule has 21 heavy (non-hydrogen) atoms. The van der Waals surface area contributed by atoms with Gasteiger partial charge in [0.2, 0.25) is 0 Å². The SMILES string of the molecule is Nc1cc(Cl)ccc1NC(=O)COc1c(Br)cccc1Br. The van der Waals surface area contributed by atoms with Gasteiger partial charge in [-0.3, -0.25) is 4.79 Å². The molecule has 1 amide bonds. The van der Waals surface area contributed by atoms with Gasteiger partial charge in [0.15, 0.2) is 6.61 Å². The third-order valence-corrected chi connectivity index (χ3v) is 4.04. The predicted octanol–water partition coefficient (Wildman–Crippen LogP) is 4.46. The number of para-hydroxylation sites is 1. The maximum Gasteiger partial charge on any atom is 0.262 e. The van der Waals surface area contributed by atoms with Gasteiger partial charge in [-0.2, -0.15) is 0 Å². The van der Waals surface area contributed by atoms with Gasteiger partial charge in [0.25, 0.3) is 5.91 Å². The summed E-state index contributed by atoms with van der Waals surface area (Å²) < 4.78 is 7.01. The topological polar surface area (TPSA) is 64.3 Å². The van der Waals surface area contributed by atoms with Crippen LogP contribution in [0.3, 0.4) is 0 Å². The van der Waals surface area contributed by atoms with Crippen molar-refractivity contribution in [2.75, 3.05) is 17.7 Å². The van der Waals surface area contributed by atoms with Crippen molar-refractivity contribution in [2.45, 2.75) is 0 Å². The van der Waals surface area contributed by atoms with E-state index in [0.717, 1.165) is 8.95 Å². The molecule has 2 aromatic carbocycles. The van der Waals surface area contributed by atoms with E-state index in [2.05, 4.69) is 37.2 Å². The number of benzene rings is 2. The van der Waals surface area contributed by atoms with Crippen molar-refractivity contribution in [3.8, 4) is 5.75 Å². The van der Waals surface area contributed by atoms with Gasteiger partial charge in [-0.15, -0.1) is 0 Å². The predicted molar refractivity (Wildman–Crippen MR) is 91.8 cm³/mol. The number of nitrogens with two attached hydrogens (primary N) is 1. The minimum Gasteiger partial charge on any atom is -0.481 e. The Bertz CT molecular complexity index is 660.